The van der Waals surface area contributed by atoms with Crippen LogP contribution in [0.4, 0.5) is 0 Å². The number of hydrogen-bond donors (Lipinski definition) is 1. The van der Waals surface area contributed by atoms with Crippen LogP contribution in [-0.2, 0) is 0 Å². The van der Waals surface area contributed by atoms with Crippen molar-refractivity contribution in [2.75, 3.05) is 26.7 Å². The zero-order chi connectivity index (χ0) is 10.1. The Hall–Kier alpha value is -0.0800. The second-order valence-electron chi connectivity index (χ2n) is 5.41. The Morgan fingerprint density at radius 1 is 1.21 bits per heavy atom. The normalized spacial score (nSPS) is 36.2. The van der Waals surface area contributed by atoms with Crippen molar-refractivity contribution in [1.29, 1.82) is 0 Å². The highest BCUT2D eigenvalue weighted by Gasteiger charge is 2.34. The van der Waals surface area contributed by atoms with E-state index in [9.17, 15) is 0 Å². The van der Waals surface area contributed by atoms with Gasteiger partial charge in [0.25, 0.3) is 0 Å². The van der Waals surface area contributed by atoms with Crippen LogP contribution >= 0.6 is 0 Å². The molecule has 1 saturated carbocycles. The van der Waals surface area contributed by atoms with E-state index >= 15 is 0 Å². The molecule has 14 heavy (non-hydrogen) atoms. The molecule has 1 saturated heterocycles. The minimum Gasteiger partial charge on any atom is -0.315 e. The van der Waals surface area contributed by atoms with Crippen molar-refractivity contribution in [2.24, 2.45) is 17.8 Å². The van der Waals surface area contributed by atoms with E-state index in [-0.39, 0.29) is 0 Å². The van der Waals surface area contributed by atoms with Crippen molar-refractivity contribution in [2.45, 2.75) is 32.7 Å². The second kappa shape index (κ2) is 4.19. The van der Waals surface area contributed by atoms with Gasteiger partial charge in [0.05, 0.1) is 0 Å². The molecule has 0 aromatic heterocycles. The number of likely N-dealkylation sites (tertiary alicyclic amines) is 1. The van der Waals surface area contributed by atoms with Crippen LogP contribution in [0.2, 0.25) is 0 Å². The number of nitrogens with zero attached hydrogens (tertiary/aromatic N) is 1. The molecule has 1 N–H and O–H groups in total. The van der Waals surface area contributed by atoms with E-state index in [2.05, 4.69) is 31.1 Å². The lowest BCUT2D eigenvalue weighted by molar-refractivity contribution is 0.272. The molecule has 2 aliphatic rings. The molecule has 2 rings (SSSR count). The Morgan fingerprint density at radius 3 is 2.21 bits per heavy atom. The van der Waals surface area contributed by atoms with Crippen LogP contribution in [0.25, 0.3) is 0 Å². The fraction of sp³-hybridized carbons (Fsp3) is 1.00. The molecule has 0 aromatic rings. The van der Waals surface area contributed by atoms with Gasteiger partial charge >= 0.3 is 0 Å². The second-order valence-corrected chi connectivity index (χ2v) is 5.41. The molecule has 2 heteroatoms. The third-order valence-electron chi connectivity index (χ3n) is 4.08. The van der Waals surface area contributed by atoms with Crippen molar-refractivity contribution < 1.29 is 0 Å². The van der Waals surface area contributed by atoms with Crippen LogP contribution < -0.4 is 5.32 Å². The lowest BCUT2D eigenvalue weighted by Crippen LogP contribution is -2.40. The minimum absolute atomic E-state index is 0.757. The van der Waals surface area contributed by atoms with Gasteiger partial charge in [0, 0.05) is 25.7 Å². The molecule has 1 aliphatic heterocycles. The van der Waals surface area contributed by atoms with Crippen LogP contribution in [-0.4, -0.2) is 37.6 Å². The first kappa shape index (κ1) is 10.4. The zero-order valence-electron chi connectivity index (χ0n) is 9.79. The Bertz CT molecular complexity index is 179. The largest absolute Gasteiger partial charge is 0.315 e. The monoisotopic (exact) mass is 196 g/mol. The van der Waals surface area contributed by atoms with E-state index in [0.29, 0.717) is 0 Å². The van der Waals surface area contributed by atoms with Crippen LogP contribution in [0.15, 0.2) is 0 Å². The van der Waals surface area contributed by atoms with Gasteiger partial charge in [0.1, 0.15) is 0 Å². The van der Waals surface area contributed by atoms with Gasteiger partial charge in [-0.15, -0.1) is 0 Å². The molecule has 3 unspecified atom stereocenters. The third kappa shape index (κ3) is 2.29. The molecule has 0 amide bonds. The Morgan fingerprint density at radius 2 is 1.79 bits per heavy atom. The summed E-state index contributed by atoms with van der Waals surface area (Å²) in [6, 6.07) is 0.757. The van der Waals surface area contributed by atoms with E-state index in [0.717, 1.165) is 23.8 Å². The first-order chi connectivity index (χ1) is 6.70. The molecule has 1 aliphatic carbocycles. The van der Waals surface area contributed by atoms with Gasteiger partial charge in [0.15, 0.2) is 0 Å². The van der Waals surface area contributed by atoms with Crippen molar-refractivity contribution in [3.8, 4) is 0 Å². The van der Waals surface area contributed by atoms with Crippen molar-refractivity contribution >= 4 is 0 Å². The highest BCUT2D eigenvalue weighted by molar-refractivity contribution is 4.90. The van der Waals surface area contributed by atoms with Crippen molar-refractivity contribution in [1.82, 2.24) is 10.2 Å². The highest BCUT2D eigenvalue weighted by atomic mass is 15.2. The predicted molar refractivity (Wildman–Crippen MR) is 60.3 cm³/mol. The minimum atomic E-state index is 0.757. The van der Waals surface area contributed by atoms with Gasteiger partial charge in [0.2, 0.25) is 0 Å². The highest BCUT2D eigenvalue weighted by Crippen LogP contribution is 2.33. The molecule has 2 nitrogen and oxygen atoms in total. The molecule has 82 valence electrons. The van der Waals surface area contributed by atoms with Gasteiger partial charge < -0.3 is 10.2 Å². The maximum Gasteiger partial charge on any atom is 0.0220 e. The lowest BCUT2D eigenvalue weighted by Gasteiger charge is -2.23. The summed E-state index contributed by atoms with van der Waals surface area (Å²) in [6.07, 6.45) is 2.90. The average molecular weight is 196 g/mol. The predicted octanol–water partition coefficient (Wildman–Crippen LogP) is 1.57. The van der Waals surface area contributed by atoms with E-state index in [1.807, 2.05) is 0 Å². The molecule has 1 heterocycles. The van der Waals surface area contributed by atoms with Crippen LogP contribution in [0.1, 0.15) is 26.7 Å². The Labute approximate surface area is 88.1 Å². The van der Waals surface area contributed by atoms with Crippen LogP contribution in [0.5, 0.6) is 0 Å². The van der Waals surface area contributed by atoms with Gasteiger partial charge in [-0.2, -0.15) is 0 Å². The van der Waals surface area contributed by atoms with Crippen LogP contribution in [0, 0.1) is 17.8 Å². The summed E-state index contributed by atoms with van der Waals surface area (Å²) in [5.41, 5.74) is 0. The molecular formula is C12H24N2. The Balaban J connectivity index is 1.79. The van der Waals surface area contributed by atoms with Gasteiger partial charge in [-0.1, -0.05) is 13.8 Å². The summed E-state index contributed by atoms with van der Waals surface area (Å²) in [7, 11) is 2.12. The summed E-state index contributed by atoms with van der Waals surface area (Å²) >= 11 is 0. The molecule has 2 fully saturated rings. The first-order valence-corrected chi connectivity index (χ1v) is 6.10. The number of likely N-dealkylation sites (N-methyl/N-ethyl adjacent to an activating group) is 1. The summed E-state index contributed by atoms with van der Waals surface area (Å²) < 4.78 is 0. The van der Waals surface area contributed by atoms with E-state index in [1.54, 1.807) is 0 Å². The average Bonchev–Trinajstić information content (AvgIpc) is 2.92. The fourth-order valence-electron chi connectivity index (χ4n) is 2.65. The molecule has 0 bridgehead atoms. The van der Waals surface area contributed by atoms with E-state index in [4.69, 9.17) is 0 Å². The van der Waals surface area contributed by atoms with Gasteiger partial charge in [-0.25, -0.2) is 0 Å². The molecule has 0 radical (unpaired) electrons. The summed E-state index contributed by atoms with van der Waals surface area (Å²) in [6.45, 7) is 8.67. The molecule has 0 spiro atoms. The quantitative estimate of drug-likeness (QED) is 0.734. The lowest BCUT2D eigenvalue weighted by atomic mass is 10.0. The first-order valence-electron chi connectivity index (χ1n) is 6.10. The molecular weight excluding hydrogens is 172 g/mol. The summed E-state index contributed by atoms with van der Waals surface area (Å²) in [5, 5.41) is 3.48. The molecule has 0 aromatic carbocycles. The Kier molecular flexibility index (Phi) is 3.13. The van der Waals surface area contributed by atoms with Gasteiger partial charge in [-0.3, -0.25) is 0 Å². The summed E-state index contributed by atoms with van der Waals surface area (Å²) in [4.78, 5) is 2.65. The van der Waals surface area contributed by atoms with Crippen LogP contribution in [0.3, 0.4) is 0 Å². The van der Waals surface area contributed by atoms with Crippen molar-refractivity contribution in [3.05, 3.63) is 0 Å². The van der Waals surface area contributed by atoms with Crippen molar-refractivity contribution in [3.63, 3.8) is 0 Å². The maximum absolute atomic E-state index is 3.48. The van der Waals surface area contributed by atoms with E-state index < -0.39 is 0 Å². The fourth-order valence-corrected chi connectivity index (χ4v) is 2.65. The zero-order valence-corrected chi connectivity index (χ0v) is 9.79. The summed E-state index contributed by atoms with van der Waals surface area (Å²) in [5.74, 6) is 2.77. The number of hydrogen-bond acceptors (Lipinski definition) is 2. The smallest absolute Gasteiger partial charge is 0.0220 e. The topological polar surface area (TPSA) is 15.3 Å². The number of rotatable bonds is 4. The standard InChI is InChI=1S/C12H24N2/c1-9-6-14(7-10(9)2)8-12(13-3)11-4-5-11/h9-13H,4-8H2,1-3H3. The van der Waals surface area contributed by atoms with Gasteiger partial charge in [-0.05, 0) is 37.6 Å². The third-order valence-corrected chi connectivity index (χ3v) is 4.08. The van der Waals surface area contributed by atoms with E-state index in [1.165, 1.54) is 32.5 Å². The SMILES string of the molecule is CNC(CN1CC(C)C(C)C1)C1CC1. The maximum atomic E-state index is 3.48. The number of nitrogens with one attached hydrogen (secondary N) is 1. The molecule has 3 atom stereocenters.